The second-order valence-electron chi connectivity index (χ2n) is 3.99. The van der Waals surface area contributed by atoms with Gasteiger partial charge >= 0.3 is 0 Å². The number of aliphatic hydroxyl groups excluding tert-OH is 1. The molecule has 0 heterocycles. The van der Waals surface area contributed by atoms with Gasteiger partial charge < -0.3 is 9.84 Å². The molecule has 1 unspecified atom stereocenters. The quantitative estimate of drug-likeness (QED) is 0.325. The number of allylic oxidation sites excluding steroid dienone is 1. The van der Waals surface area contributed by atoms with Gasteiger partial charge in [-0.2, -0.15) is 0 Å². The summed E-state index contributed by atoms with van der Waals surface area (Å²) in [5.74, 6) is 0. The summed E-state index contributed by atoms with van der Waals surface area (Å²) >= 11 is 0. The van der Waals surface area contributed by atoms with Crippen LogP contribution in [0.25, 0.3) is 0 Å². The minimum absolute atomic E-state index is 0.349. The lowest BCUT2D eigenvalue weighted by molar-refractivity contribution is 0.128. The van der Waals surface area contributed by atoms with Gasteiger partial charge in [0.1, 0.15) is 6.23 Å². The summed E-state index contributed by atoms with van der Waals surface area (Å²) in [4.78, 5) is 0. The maximum atomic E-state index is 9.23. The molecule has 0 aliphatic carbocycles. The van der Waals surface area contributed by atoms with Crippen molar-refractivity contribution in [1.82, 2.24) is 5.32 Å². The highest BCUT2D eigenvalue weighted by Gasteiger charge is 1.98. The van der Waals surface area contributed by atoms with Gasteiger partial charge in [0.2, 0.25) is 0 Å². The van der Waals surface area contributed by atoms with Gasteiger partial charge in [-0.1, -0.05) is 31.9 Å². The molecular formula is C13H27NO2. The third-order valence-corrected chi connectivity index (χ3v) is 2.44. The van der Waals surface area contributed by atoms with Crippen LogP contribution in [0.3, 0.4) is 0 Å². The monoisotopic (exact) mass is 229 g/mol. The summed E-state index contributed by atoms with van der Waals surface area (Å²) in [5.41, 5.74) is 0. The molecule has 0 aromatic rings. The first-order valence-electron chi connectivity index (χ1n) is 6.39. The van der Waals surface area contributed by atoms with Gasteiger partial charge in [0, 0.05) is 6.61 Å². The highest BCUT2D eigenvalue weighted by molar-refractivity contribution is 4.80. The molecule has 0 fully saturated rings. The van der Waals surface area contributed by atoms with Crippen molar-refractivity contribution < 1.29 is 9.84 Å². The predicted octanol–water partition coefficient (Wildman–Crippen LogP) is 2.46. The number of hydrogen-bond acceptors (Lipinski definition) is 3. The summed E-state index contributed by atoms with van der Waals surface area (Å²) in [7, 11) is 1.77. The molecule has 0 amide bonds. The topological polar surface area (TPSA) is 41.5 Å². The molecular weight excluding hydrogens is 202 g/mol. The van der Waals surface area contributed by atoms with Crippen LogP contribution in [0, 0.1) is 0 Å². The van der Waals surface area contributed by atoms with Gasteiger partial charge in [-0.05, 0) is 32.7 Å². The normalized spacial score (nSPS) is 13.4. The zero-order valence-corrected chi connectivity index (χ0v) is 10.7. The van der Waals surface area contributed by atoms with Crippen LogP contribution in [0.4, 0.5) is 0 Å². The number of unbranched alkanes of at least 4 members (excludes halogenated alkanes) is 3. The van der Waals surface area contributed by atoms with E-state index < -0.39 is 0 Å². The van der Waals surface area contributed by atoms with E-state index in [1.807, 2.05) is 0 Å². The van der Waals surface area contributed by atoms with Gasteiger partial charge in [0.25, 0.3) is 0 Å². The molecule has 0 aromatic carbocycles. The molecule has 2 N–H and O–H groups in total. The van der Waals surface area contributed by atoms with Crippen molar-refractivity contribution in [3.8, 4) is 0 Å². The summed E-state index contributed by atoms with van der Waals surface area (Å²) in [6.45, 7) is 3.73. The standard InChI is InChI=1S/C13H27NO2/c1-3-4-5-8-11-16-12-9-6-7-10-13(15)14-2/h5,8,13-15H,3-4,6-7,9-12H2,1-2H3/b8-5-. The van der Waals surface area contributed by atoms with Gasteiger partial charge in [-0.25, -0.2) is 0 Å². The second-order valence-corrected chi connectivity index (χ2v) is 3.99. The molecule has 3 heteroatoms. The van der Waals surface area contributed by atoms with E-state index in [4.69, 9.17) is 4.74 Å². The van der Waals surface area contributed by atoms with E-state index in [1.165, 1.54) is 6.42 Å². The summed E-state index contributed by atoms with van der Waals surface area (Å²) < 4.78 is 5.45. The van der Waals surface area contributed by atoms with Crippen molar-refractivity contribution in [1.29, 1.82) is 0 Å². The van der Waals surface area contributed by atoms with Crippen LogP contribution >= 0.6 is 0 Å². The fourth-order valence-corrected chi connectivity index (χ4v) is 1.37. The number of hydrogen-bond donors (Lipinski definition) is 2. The Hall–Kier alpha value is -0.380. The number of rotatable bonds is 11. The van der Waals surface area contributed by atoms with Crippen molar-refractivity contribution in [3.63, 3.8) is 0 Å². The molecule has 96 valence electrons. The van der Waals surface area contributed by atoms with Crippen LogP contribution in [0.5, 0.6) is 0 Å². The Kier molecular flexibility index (Phi) is 12.4. The molecule has 0 saturated heterocycles. The highest BCUT2D eigenvalue weighted by Crippen LogP contribution is 2.02. The van der Waals surface area contributed by atoms with Gasteiger partial charge in [0.15, 0.2) is 0 Å². The third kappa shape index (κ3) is 11.7. The summed E-state index contributed by atoms with van der Waals surface area (Å²) in [5, 5.41) is 12.0. The van der Waals surface area contributed by atoms with E-state index in [1.54, 1.807) is 7.05 Å². The van der Waals surface area contributed by atoms with Crippen LogP contribution in [0.1, 0.15) is 45.4 Å². The largest absolute Gasteiger partial charge is 0.379 e. The zero-order valence-electron chi connectivity index (χ0n) is 10.7. The maximum Gasteiger partial charge on any atom is 0.104 e. The van der Waals surface area contributed by atoms with E-state index >= 15 is 0 Å². The number of ether oxygens (including phenoxy) is 1. The first-order valence-corrected chi connectivity index (χ1v) is 6.39. The van der Waals surface area contributed by atoms with Gasteiger partial charge in [-0.3, -0.25) is 5.32 Å². The Bertz CT molecular complexity index is 160. The molecule has 0 saturated carbocycles. The van der Waals surface area contributed by atoms with Crippen molar-refractivity contribution in [2.24, 2.45) is 0 Å². The molecule has 0 aliphatic rings. The van der Waals surface area contributed by atoms with Gasteiger partial charge in [-0.15, -0.1) is 0 Å². The van der Waals surface area contributed by atoms with Crippen molar-refractivity contribution in [2.75, 3.05) is 20.3 Å². The maximum absolute atomic E-state index is 9.23. The molecule has 16 heavy (non-hydrogen) atoms. The van der Waals surface area contributed by atoms with Crippen molar-refractivity contribution in [3.05, 3.63) is 12.2 Å². The fourth-order valence-electron chi connectivity index (χ4n) is 1.37. The van der Waals surface area contributed by atoms with E-state index in [2.05, 4.69) is 24.4 Å². The second kappa shape index (κ2) is 12.7. The lowest BCUT2D eigenvalue weighted by Crippen LogP contribution is -2.23. The zero-order chi connectivity index (χ0) is 12.1. The lowest BCUT2D eigenvalue weighted by atomic mass is 10.2. The van der Waals surface area contributed by atoms with Crippen molar-refractivity contribution >= 4 is 0 Å². The smallest absolute Gasteiger partial charge is 0.104 e. The Morgan fingerprint density at radius 3 is 2.75 bits per heavy atom. The fraction of sp³-hybridized carbons (Fsp3) is 0.846. The molecule has 0 bridgehead atoms. The van der Waals surface area contributed by atoms with Gasteiger partial charge in [0.05, 0.1) is 6.61 Å². The summed E-state index contributed by atoms with van der Waals surface area (Å²) in [6, 6.07) is 0. The molecule has 0 radical (unpaired) electrons. The number of aliphatic hydroxyl groups is 1. The molecule has 0 aromatic heterocycles. The van der Waals surface area contributed by atoms with Crippen LogP contribution < -0.4 is 5.32 Å². The van der Waals surface area contributed by atoms with E-state index in [-0.39, 0.29) is 6.23 Å². The molecule has 3 nitrogen and oxygen atoms in total. The molecule has 0 aliphatic heterocycles. The SMILES string of the molecule is CCC/C=C\COCCCCCC(O)NC. The average molecular weight is 229 g/mol. The van der Waals surface area contributed by atoms with E-state index in [0.29, 0.717) is 0 Å². The first-order chi connectivity index (χ1) is 7.81. The average Bonchev–Trinajstić information content (AvgIpc) is 2.31. The van der Waals surface area contributed by atoms with Crippen LogP contribution in [0.2, 0.25) is 0 Å². The third-order valence-electron chi connectivity index (χ3n) is 2.44. The van der Waals surface area contributed by atoms with E-state index in [9.17, 15) is 5.11 Å². The Labute approximate surface area is 99.9 Å². The Balaban J connectivity index is 3.04. The van der Waals surface area contributed by atoms with E-state index in [0.717, 1.165) is 45.3 Å². The minimum Gasteiger partial charge on any atom is -0.379 e. The Morgan fingerprint density at radius 2 is 2.06 bits per heavy atom. The minimum atomic E-state index is -0.349. The predicted molar refractivity (Wildman–Crippen MR) is 68.4 cm³/mol. The molecule has 0 rings (SSSR count). The highest BCUT2D eigenvalue weighted by atomic mass is 16.5. The van der Waals surface area contributed by atoms with Crippen molar-refractivity contribution in [2.45, 2.75) is 51.7 Å². The molecule has 0 spiro atoms. The number of nitrogens with one attached hydrogen (secondary N) is 1. The first kappa shape index (κ1) is 15.6. The van der Waals surface area contributed by atoms with Crippen LogP contribution in [-0.2, 0) is 4.74 Å². The molecule has 1 atom stereocenters. The Morgan fingerprint density at radius 1 is 1.25 bits per heavy atom. The lowest BCUT2D eigenvalue weighted by Gasteiger charge is -2.08. The summed E-state index contributed by atoms with van der Waals surface area (Å²) in [6.07, 6.45) is 10.3. The van der Waals surface area contributed by atoms with Crippen LogP contribution in [-0.4, -0.2) is 31.6 Å². The van der Waals surface area contributed by atoms with Crippen LogP contribution in [0.15, 0.2) is 12.2 Å².